The molecule has 2 aromatic carbocycles. The van der Waals surface area contributed by atoms with Gasteiger partial charge in [-0.05, 0) is 84.9 Å². The lowest BCUT2D eigenvalue weighted by molar-refractivity contribution is 0.0251. The van der Waals surface area contributed by atoms with Crippen LogP contribution in [0.1, 0.15) is 54.1 Å². The molecule has 1 N–H and O–H groups in total. The number of carbonyl (C=O) groups excluding carboxylic acids is 1. The largest absolute Gasteiger partial charge is 0.423 e. The van der Waals surface area contributed by atoms with Crippen molar-refractivity contribution in [2.24, 2.45) is 17.3 Å². The third kappa shape index (κ3) is 2.72. The summed E-state index contributed by atoms with van der Waals surface area (Å²) in [6.45, 7) is 2.27. The molecule has 0 aromatic heterocycles. The van der Waals surface area contributed by atoms with Crippen molar-refractivity contribution in [3.05, 3.63) is 71.3 Å². The van der Waals surface area contributed by atoms with Crippen LogP contribution in [0.5, 0.6) is 5.75 Å². The summed E-state index contributed by atoms with van der Waals surface area (Å²) >= 11 is 0. The maximum Gasteiger partial charge on any atom is 0.343 e. The van der Waals surface area contributed by atoms with E-state index in [0.29, 0.717) is 23.1 Å². The molecule has 28 heavy (non-hydrogen) atoms. The standard InChI is InChI=1S/C25H26O3/c1-25-14-13-20-19-10-8-18(28-24(27)16-5-3-2-4-6-16)15-17(19)7-9-21(20)22(25)11-12-23(25)26/h2-6,8,10,13,15,21-23,26H,7,9,11-12,14H2,1H3/t21-,22+,23+,25+/m1/s1. The molecule has 0 saturated heterocycles. The molecule has 3 aliphatic carbocycles. The van der Waals surface area contributed by atoms with Crippen LogP contribution in [0, 0.1) is 17.3 Å². The van der Waals surface area contributed by atoms with E-state index in [-0.39, 0.29) is 17.5 Å². The van der Waals surface area contributed by atoms with Crippen molar-refractivity contribution < 1.29 is 14.6 Å². The number of esters is 1. The van der Waals surface area contributed by atoms with Crippen LogP contribution in [0.15, 0.2) is 54.6 Å². The van der Waals surface area contributed by atoms with Gasteiger partial charge in [0.2, 0.25) is 0 Å². The Hall–Kier alpha value is -2.39. The number of rotatable bonds is 2. The van der Waals surface area contributed by atoms with Crippen LogP contribution >= 0.6 is 0 Å². The molecule has 0 unspecified atom stereocenters. The number of fused-ring (bicyclic) bond motifs is 5. The van der Waals surface area contributed by atoms with Gasteiger partial charge in [-0.25, -0.2) is 4.79 Å². The lowest BCUT2D eigenvalue weighted by atomic mass is 9.60. The minimum Gasteiger partial charge on any atom is -0.423 e. The van der Waals surface area contributed by atoms with Crippen molar-refractivity contribution >= 4 is 11.5 Å². The van der Waals surface area contributed by atoms with E-state index in [2.05, 4.69) is 19.1 Å². The second-order valence-corrected chi connectivity index (χ2v) is 8.79. The van der Waals surface area contributed by atoms with Crippen LogP contribution in [0.3, 0.4) is 0 Å². The first-order valence-corrected chi connectivity index (χ1v) is 10.3. The fraction of sp³-hybridized carbons (Fsp3) is 0.400. The number of allylic oxidation sites excluding steroid dienone is 2. The highest BCUT2D eigenvalue weighted by Gasteiger charge is 2.51. The topological polar surface area (TPSA) is 46.5 Å². The van der Waals surface area contributed by atoms with Crippen LogP contribution in [0.25, 0.3) is 5.57 Å². The molecule has 1 fully saturated rings. The van der Waals surface area contributed by atoms with Crippen molar-refractivity contribution in [1.82, 2.24) is 0 Å². The highest BCUT2D eigenvalue weighted by molar-refractivity contribution is 5.91. The molecule has 0 amide bonds. The van der Waals surface area contributed by atoms with E-state index < -0.39 is 0 Å². The zero-order chi connectivity index (χ0) is 19.3. The summed E-state index contributed by atoms with van der Waals surface area (Å²) in [5.74, 6) is 1.41. The third-order valence-corrected chi connectivity index (χ3v) is 7.34. The quantitative estimate of drug-likeness (QED) is 0.592. The van der Waals surface area contributed by atoms with Crippen LogP contribution in [-0.4, -0.2) is 17.2 Å². The molecule has 3 aliphatic rings. The fourth-order valence-electron chi connectivity index (χ4n) is 5.73. The monoisotopic (exact) mass is 374 g/mol. The van der Waals surface area contributed by atoms with Gasteiger partial charge in [-0.3, -0.25) is 0 Å². The summed E-state index contributed by atoms with van der Waals surface area (Å²) in [6, 6.07) is 15.2. The zero-order valence-electron chi connectivity index (χ0n) is 16.2. The molecule has 144 valence electrons. The maximum absolute atomic E-state index is 12.3. The second kappa shape index (κ2) is 6.59. The van der Waals surface area contributed by atoms with E-state index in [9.17, 15) is 9.90 Å². The summed E-state index contributed by atoms with van der Waals surface area (Å²) in [6.07, 6.45) is 7.31. The molecule has 4 atom stereocenters. The molecule has 0 spiro atoms. The molecular formula is C25H26O3. The molecule has 0 aliphatic heterocycles. The first kappa shape index (κ1) is 17.7. The van der Waals surface area contributed by atoms with Gasteiger partial charge < -0.3 is 9.84 Å². The van der Waals surface area contributed by atoms with Gasteiger partial charge in [0.1, 0.15) is 5.75 Å². The molecule has 0 bridgehead atoms. The number of aliphatic hydroxyl groups is 1. The average molecular weight is 374 g/mol. The van der Waals surface area contributed by atoms with Gasteiger partial charge in [-0.2, -0.15) is 0 Å². The minimum atomic E-state index is -0.318. The van der Waals surface area contributed by atoms with Gasteiger partial charge in [-0.1, -0.05) is 37.3 Å². The van der Waals surface area contributed by atoms with E-state index in [4.69, 9.17) is 4.74 Å². The van der Waals surface area contributed by atoms with E-state index in [0.717, 1.165) is 32.1 Å². The zero-order valence-corrected chi connectivity index (χ0v) is 16.2. The van der Waals surface area contributed by atoms with E-state index >= 15 is 0 Å². The van der Waals surface area contributed by atoms with Gasteiger partial charge in [0.15, 0.2) is 0 Å². The van der Waals surface area contributed by atoms with Crippen molar-refractivity contribution in [3.8, 4) is 5.75 Å². The van der Waals surface area contributed by atoms with E-state index in [1.54, 1.807) is 12.1 Å². The summed E-state index contributed by atoms with van der Waals surface area (Å²) in [5, 5.41) is 10.5. The van der Waals surface area contributed by atoms with Crippen LogP contribution in [-0.2, 0) is 6.42 Å². The Morgan fingerprint density at radius 3 is 2.75 bits per heavy atom. The Morgan fingerprint density at radius 1 is 1.11 bits per heavy atom. The summed E-state index contributed by atoms with van der Waals surface area (Å²) < 4.78 is 5.61. The molecule has 2 aromatic rings. The fourth-order valence-corrected chi connectivity index (χ4v) is 5.73. The van der Waals surface area contributed by atoms with Crippen molar-refractivity contribution in [2.75, 3.05) is 0 Å². The number of carbonyl (C=O) groups is 1. The molecule has 3 heteroatoms. The van der Waals surface area contributed by atoms with Crippen LogP contribution < -0.4 is 4.74 Å². The van der Waals surface area contributed by atoms with Crippen molar-refractivity contribution in [3.63, 3.8) is 0 Å². The third-order valence-electron chi connectivity index (χ3n) is 7.34. The summed E-state index contributed by atoms with van der Waals surface area (Å²) in [4.78, 5) is 12.3. The molecule has 5 rings (SSSR count). The summed E-state index contributed by atoms with van der Waals surface area (Å²) in [7, 11) is 0. The van der Waals surface area contributed by atoms with Crippen molar-refractivity contribution in [1.29, 1.82) is 0 Å². The van der Waals surface area contributed by atoms with Gasteiger partial charge >= 0.3 is 5.97 Å². The Labute approximate surface area is 166 Å². The first-order valence-electron chi connectivity index (χ1n) is 10.3. The average Bonchev–Trinajstić information content (AvgIpc) is 3.03. The van der Waals surface area contributed by atoms with E-state index in [1.165, 1.54) is 16.7 Å². The molecule has 3 nitrogen and oxygen atoms in total. The minimum absolute atomic E-state index is 0.0385. The Kier molecular flexibility index (Phi) is 4.17. The van der Waals surface area contributed by atoms with Gasteiger partial charge in [0.25, 0.3) is 0 Å². The van der Waals surface area contributed by atoms with Gasteiger partial charge in [0.05, 0.1) is 11.7 Å². The first-order chi connectivity index (χ1) is 13.6. The predicted molar refractivity (Wildman–Crippen MR) is 109 cm³/mol. The maximum atomic E-state index is 12.3. The number of hydrogen-bond donors (Lipinski definition) is 1. The lowest BCUT2D eigenvalue weighted by Gasteiger charge is -2.45. The Bertz CT molecular complexity index is 946. The number of aliphatic hydroxyl groups excluding tert-OH is 1. The van der Waals surface area contributed by atoms with Crippen LogP contribution in [0.4, 0.5) is 0 Å². The summed E-state index contributed by atoms with van der Waals surface area (Å²) in [5.41, 5.74) is 4.62. The number of ether oxygens (including phenoxy) is 1. The second-order valence-electron chi connectivity index (χ2n) is 8.79. The normalized spacial score (nSPS) is 30.6. The number of benzene rings is 2. The van der Waals surface area contributed by atoms with Gasteiger partial charge in [-0.15, -0.1) is 0 Å². The number of hydrogen-bond acceptors (Lipinski definition) is 3. The predicted octanol–water partition coefficient (Wildman–Crippen LogP) is 5.03. The lowest BCUT2D eigenvalue weighted by Crippen LogP contribution is -2.40. The molecule has 0 heterocycles. The SMILES string of the molecule is C[C@]12CC=C3c4ccc(OC(=O)c5ccccc5)cc4CC[C@H]3[C@@H]1CC[C@@H]2O. The molecule has 0 radical (unpaired) electrons. The van der Waals surface area contributed by atoms with Crippen LogP contribution in [0.2, 0.25) is 0 Å². The van der Waals surface area contributed by atoms with Gasteiger partial charge in [0, 0.05) is 5.41 Å². The molecule has 1 saturated carbocycles. The van der Waals surface area contributed by atoms with Crippen molar-refractivity contribution in [2.45, 2.75) is 45.1 Å². The van der Waals surface area contributed by atoms with E-state index in [1.807, 2.05) is 30.3 Å². The molecular weight excluding hydrogens is 348 g/mol. The highest BCUT2D eigenvalue weighted by atomic mass is 16.5. The Balaban J connectivity index is 1.41. The highest BCUT2D eigenvalue weighted by Crippen LogP contribution is 2.58. The number of aryl methyl sites for hydroxylation is 1. The Morgan fingerprint density at radius 2 is 1.93 bits per heavy atom. The smallest absolute Gasteiger partial charge is 0.343 e.